The van der Waals surface area contributed by atoms with Crippen molar-refractivity contribution in [2.24, 2.45) is 0 Å². The molecule has 3 amide bonds. The second kappa shape index (κ2) is 7.17. The highest BCUT2D eigenvalue weighted by Gasteiger charge is 2.34. The molecule has 0 aromatic heterocycles. The van der Waals surface area contributed by atoms with Crippen molar-refractivity contribution in [3.05, 3.63) is 0 Å². The van der Waals surface area contributed by atoms with E-state index in [9.17, 15) is 22.8 Å². The molecule has 0 heterocycles. The maximum Gasteiger partial charge on any atom is 0.401 e. The molecule has 0 aromatic rings. The minimum Gasteiger partial charge on any atom is -0.395 e. The van der Waals surface area contributed by atoms with Crippen LogP contribution in [-0.2, 0) is 4.79 Å². The average Bonchev–Trinajstić information content (AvgIpc) is 2.25. The lowest BCUT2D eigenvalue weighted by atomic mass is 10.2. The maximum absolute atomic E-state index is 12.2. The van der Waals surface area contributed by atoms with Crippen molar-refractivity contribution in [2.45, 2.75) is 19.1 Å². The molecule has 0 radical (unpaired) electrons. The highest BCUT2D eigenvalue weighted by Crippen LogP contribution is 2.17. The molecule has 9 heteroatoms. The molecular weight excluding hydrogens is 255 g/mol. The van der Waals surface area contributed by atoms with Gasteiger partial charge in [0.05, 0.1) is 19.2 Å². The number of rotatable bonds is 5. The van der Waals surface area contributed by atoms with Crippen LogP contribution >= 0.6 is 0 Å². The van der Waals surface area contributed by atoms with Crippen molar-refractivity contribution in [3.63, 3.8) is 0 Å². The van der Waals surface area contributed by atoms with Gasteiger partial charge in [-0.3, -0.25) is 15.0 Å². The van der Waals surface area contributed by atoms with E-state index in [1.165, 1.54) is 14.0 Å². The fourth-order valence-corrected chi connectivity index (χ4v) is 1.21. The van der Waals surface area contributed by atoms with Crippen LogP contribution in [0.25, 0.3) is 0 Å². The minimum absolute atomic E-state index is 0.318. The average molecular weight is 271 g/mol. The first-order chi connectivity index (χ1) is 8.21. The van der Waals surface area contributed by atoms with E-state index in [1.807, 2.05) is 5.32 Å². The number of alkyl halides is 3. The van der Waals surface area contributed by atoms with Crippen molar-refractivity contribution in [3.8, 4) is 0 Å². The fourth-order valence-electron chi connectivity index (χ4n) is 1.21. The molecule has 1 unspecified atom stereocenters. The Kier molecular flexibility index (Phi) is 6.63. The van der Waals surface area contributed by atoms with Crippen LogP contribution in [0.5, 0.6) is 0 Å². The van der Waals surface area contributed by atoms with E-state index in [1.54, 1.807) is 0 Å². The molecule has 0 aliphatic carbocycles. The second-order valence-corrected chi connectivity index (χ2v) is 3.55. The largest absolute Gasteiger partial charge is 0.401 e. The number of nitrogens with zero attached hydrogens (tertiary/aromatic N) is 1. The van der Waals surface area contributed by atoms with Crippen LogP contribution in [-0.4, -0.2) is 60.9 Å². The third-order valence-corrected chi connectivity index (χ3v) is 2.16. The lowest BCUT2D eigenvalue weighted by molar-refractivity contribution is -0.154. The Hall–Kier alpha value is -1.35. The van der Waals surface area contributed by atoms with Crippen molar-refractivity contribution in [1.29, 1.82) is 0 Å². The van der Waals surface area contributed by atoms with E-state index in [0.717, 1.165) is 4.90 Å². The minimum atomic E-state index is -4.49. The second-order valence-electron chi connectivity index (χ2n) is 3.55. The summed E-state index contributed by atoms with van der Waals surface area (Å²) in [5, 5.41) is 12.7. The monoisotopic (exact) mass is 271 g/mol. The van der Waals surface area contributed by atoms with Crippen molar-refractivity contribution in [1.82, 2.24) is 15.5 Å². The van der Waals surface area contributed by atoms with Crippen LogP contribution in [0.4, 0.5) is 18.0 Å². The van der Waals surface area contributed by atoms with E-state index in [0.29, 0.717) is 0 Å². The highest BCUT2D eigenvalue weighted by atomic mass is 19.4. The molecule has 0 bridgehead atoms. The number of aliphatic hydroxyl groups excluding tert-OH is 1. The predicted molar refractivity (Wildman–Crippen MR) is 56.8 cm³/mol. The molecule has 1 atom stereocenters. The topological polar surface area (TPSA) is 81.7 Å². The lowest BCUT2D eigenvalue weighted by Gasteiger charge is -2.27. The number of hydrogen-bond acceptors (Lipinski definition) is 4. The van der Waals surface area contributed by atoms with Gasteiger partial charge >= 0.3 is 12.2 Å². The zero-order valence-electron chi connectivity index (χ0n) is 10.0. The zero-order chi connectivity index (χ0) is 14.3. The number of halogens is 3. The number of nitrogens with one attached hydrogen (secondary N) is 2. The summed E-state index contributed by atoms with van der Waals surface area (Å²) >= 11 is 0. The molecule has 0 fully saturated rings. The van der Waals surface area contributed by atoms with Gasteiger partial charge in [0, 0.05) is 13.6 Å². The summed E-state index contributed by atoms with van der Waals surface area (Å²) < 4.78 is 36.7. The van der Waals surface area contributed by atoms with Gasteiger partial charge in [-0.1, -0.05) is 0 Å². The number of aliphatic hydroxyl groups is 1. The third kappa shape index (κ3) is 6.40. The first kappa shape index (κ1) is 16.6. The summed E-state index contributed by atoms with van der Waals surface area (Å²) in [6, 6.07) is -1.99. The van der Waals surface area contributed by atoms with E-state index in [-0.39, 0.29) is 6.54 Å². The molecule has 0 saturated carbocycles. The SMILES string of the molecule is CNC(=O)NC(=O)C(C)N(CCO)CC(F)(F)F. The lowest BCUT2D eigenvalue weighted by Crippen LogP contribution is -2.52. The molecule has 6 nitrogen and oxygen atoms in total. The number of urea groups is 1. The van der Waals surface area contributed by atoms with Gasteiger partial charge in [-0.15, -0.1) is 0 Å². The van der Waals surface area contributed by atoms with Crippen molar-refractivity contribution >= 4 is 11.9 Å². The first-order valence-corrected chi connectivity index (χ1v) is 5.15. The molecule has 0 aliphatic heterocycles. The molecule has 106 valence electrons. The van der Waals surface area contributed by atoms with Crippen LogP contribution in [0.15, 0.2) is 0 Å². The van der Waals surface area contributed by atoms with Crippen LogP contribution in [0.2, 0.25) is 0 Å². The van der Waals surface area contributed by atoms with E-state index in [4.69, 9.17) is 5.11 Å². The smallest absolute Gasteiger partial charge is 0.395 e. The Morgan fingerprint density at radius 3 is 2.33 bits per heavy atom. The molecule has 0 saturated heterocycles. The molecule has 0 aromatic carbocycles. The van der Waals surface area contributed by atoms with E-state index < -0.39 is 37.3 Å². The molecule has 0 spiro atoms. The van der Waals surface area contributed by atoms with E-state index >= 15 is 0 Å². The van der Waals surface area contributed by atoms with Gasteiger partial charge in [0.25, 0.3) is 0 Å². The standard InChI is InChI=1S/C9H16F3N3O3/c1-6(7(17)14-8(18)13-2)15(3-4-16)5-9(10,11)12/h6,16H,3-5H2,1-2H3,(H2,13,14,17,18). The Morgan fingerprint density at radius 2 is 1.94 bits per heavy atom. The zero-order valence-corrected chi connectivity index (χ0v) is 10.0. The summed E-state index contributed by atoms with van der Waals surface area (Å²) in [6.45, 7) is -0.953. The Balaban J connectivity index is 4.59. The van der Waals surface area contributed by atoms with Gasteiger partial charge in [-0.2, -0.15) is 13.2 Å². The van der Waals surface area contributed by atoms with E-state index in [2.05, 4.69) is 5.32 Å². The van der Waals surface area contributed by atoms with Crippen molar-refractivity contribution in [2.75, 3.05) is 26.7 Å². The molecule has 18 heavy (non-hydrogen) atoms. The number of amides is 3. The van der Waals surface area contributed by atoms with Gasteiger partial charge in [0.1, 0.15) is 0 Å². The normalized spacial score (nSPS) is 13.3. The first-order valence-electron chi connectivity index (χ1n) is 5.15. The highest BCUT2D eigenvalue weighted by molar-refractivity contribution is 5.96. The molecular formula is C9H16F3N3O3. The number of hydrogen-bond donors (Lipinski definition) is 3. The predicted octanol–water partition coefficient (Wildman–Crippen LogP) is -0.313. The summed E-state index contributed by atoms with van der Waals surface area (Å²) in [5.74, 6) is -0.868. The maximum atomic E-state index is 12.2. The summed E-state index contributed by atoms with van der Waals surface area (Å²) in [4.78, 5) is 23.0. The van der Waals surface area contributed by atoms with Crippen molar-refractivity contribution < 1.29 is 27.9 Å². The van der Waals surface area contributed by atoms with Gasteiger partial charge in [0.15, 0.2) is 0 Å². The Bertz CT molecular complexity index is 297. The van der Waals surface area contributed by atoms with Crippen LogP contribution in [0.3, 0.4) is 0 Å². The molecule has 3 N–H and O–H groups in total. The summed E-state index contributed by atoms with van der Waals surface area (Å²) in [5.41, 5.74) is 0. The van der Waals surface area contributed by atoms with Crippen LogP contribution in [0.1, 0.15) is 6.92 Å². The third-order valence-electron chi connectivity index (χ3n) is 2.16. The Morgan fingerprint density at radius 1 is 1.39 bits per heavy atom. The number of imide groups is 1. The summed E-state index contributed by atoms with van der Waals surface area (Å²) in [6.07, 6.45) is -4.49. The quantitative estimate of drug-likeness (QED) is 0.640. The van der Waals surface area contributed by atoms with Gasteiger partial charge in [-0.25, -0.2) is 4.79 Å². The number of carbonyl (C=O) groups is 2. The Labute approximate surface area is 102 Å². The fraction of sp³-hybridized carbons (Fsp3) is 0.778. The molecule has 0 rings (SSSR count). The van der Waals surface area contributed by atoms with Gasteiger partial charge in [0.2, 0.25) is 5.91 Å². The molecule has 0 aliphatic rings. The van der Waals surface area contributed by atoms with Crippen LogP contribution < -0.4 is 10.6 Å². The number of carbonyl (C=O) groups excluding carboxylic acids is 2. The van der Waals surface area contributed by atoms with Crippen LogP contribution in [0, 0.1) is 0 Å². The van der Waals surface area contributed by atoms with Gasteiger partial charge < -0.3 is 10.4 Å². The van der Waals surface area contributed by atoms with Gasteiger partial charge in [-0.05, 0) is 6.92 Å². The summed E-state index contributed by atoms with van der Waals surface area (Å²) in [7, 11) is 1.27.